The fourth-order valence-electron chi connectivity index (χ4n) is 2.83. The Morgan fingerprint density at radius 3 is 2.75 bits per heavy atom. The van der Waals surface area contributed by atoms with Crippen LogP contribution in [-0.4, -0.2) is 22.0 Å². The fourth-order valence-corrected chi connectivity index (χ4v) is 2.83. The number of nitrogens with one attached hydrogen (secondary N) is 1. The van der Waals surface area contributed by atoms with Crippen LogP contribution in [0.4, 0.5) is 0 Å². The smallest absolute Gasteiger partial charge is 0.179 e. The zero-order valence-corrected chi connectivity index (χ0v) is 14.6. The first-order valence-corrected chi connectivity index (χ1v) is 8.54. The van der Waals surface area contributed by atoms with E-state index in [4.69, 9.17) is 9.72 Å². The van der Waals surface area contributed by atoms with Gasteiger partial charge in [0.05, 0.1) is 5.69 Å². The van der Waals surface area contributed by atoms with Gasteiger partial charge in [0.15, 0.2) is 11.4 Å². The van der Waals surface area contributed by atoms with E-state index in [9.17, 15) is 0 Å². The topological polar surface area (TPSA) is 38.6 Å². The van der Waals surface area contributed by atoms with E-state index < -0.39 is 0 Å². The van der Waals surface area contributed by atoms with Gasteiger partial charge in [0.25, 0.3) is 0 Å². The number of pyridine rings is 1. The third-order valence-corrected chi connectivity index (χ3v) is 4.08. The highest BCUT2D eigenvalue weighted by molar-refractivity contribution is 5.54. The maximum Gasteiger partial charge on any atom is 0.179 e. The van der Waals surface area contributed by atoms with Crippen LogP contribution >= 0.6 is 0 Å². The molecule has 1 atom stereocenters. The highest BCUT2D eigenvalue weighted by atomic mass is 16.5. The molecule has 0 radical (unpaired) electrons. The van der Waals surface area contributed by atoms with Gasteiger partial charge in [-0.05, 0) is 38.1 Å². The summed E-state index contributed by atoms with van der Waals surface area (Å²) in [7, 11) is 0. The Bertz CT molecular complexity index is 792. The number of benzene rings is 1. The first kappa shape index (κ1) is 16.5. The van der Waals surface area contributed by atoms with Crippen LogP contribution in [0.2, 0.25) is 0 Å². The summed E-state index contributed by atoms with van der Waals surface area (Å²) in [4.78, 5) is 4.76. The second-order valence-electron chi connectivity index (χ2n) is 6.27. The van der Waals surface area contributed by atoms with Gasteiger partial charge in [-0.1, -0.05) is 36.8 Å². The Kier molecular flexibility index (Phi) is 5.16. The fraction of sp³-hybridized carbons (Fsp3) is 0.350. The molecule has 0 aliphatic carbocycles. The number of ether oxygens (including phenoxy) is 1. The lowest BCUT2D eigenvalue weighted by Crippen LogP contribution is -2.27. The molecule has 2 heterocycles. The van der Waals surface area contributed by atoms with Gasteiger partial charge in [0, 0.05) is 24.9 Å². The van der Waals surface area contributed by atoms with Gasteiger partial charge in [0.2, 0.25) is 0 Å². The molecular weight excluding hydrogens is 298 g/mol. The predicted octanol–water partition coefficient (Wildman–Crippen LogP) is 3.76. The molecule has 4 heteroatoms. The number of fused-ring (bicyclic) bond motifs is 1. The van der Waals surface area contributed by atoms with Gasteiger partial charge in [-0.25, -0.2) is 4.98 Å². The highest BCUT2D eigenvalue weighted by Gasteiger charge is 2.10. The van der Waals surface area contributed by atoms with Gasteiger partial charge in [-0.3, -0.25) is 0 Å². The minimum atomic E-state index is 0.414. The van der Waals surface area contributed by atoms with E-state index in [1.54, 1.807) is 0 Å². The normalized spacial score (nSPS) is 12.5. The summed E-state index contributed by atoms with van der Waals surface area (Å²) < 4.78 is 8.05. The van der Waals surface area contributed by atoms with Gasteiger partial charge < -0.3 is 14.5 Å². The molecule has 2 aromatic heterocycles. The molecule has 1 unspecified atom stereocenters. The van der Waals surface area contributed by atoms with Crippen molar-refractivity contribution >= 4 is 5.65 Å². The summed E-state index contributed by atoms with van der Waals surface area (Å²) in [6.07, 6.45) is 5.01. The van der Waals surface area contributed by atoms with Crippen molar-refractivity contribution in [1.29, 1.82) is 0 Å². The van der Waals surface area contributed by atoms with Crippen LogP contribution in [0.25, 0.3) is 5.65 Å². The summed E-state index contributed by atoms with van der Waals surface area (Å²) in [5.41, 5.74) is 4.38. The number of likely N-dealkylation sites (N-methyl/N-ethyl adjacent to an activating group) is 1. The van der Waals surface area contributed by atoms with Gasteiger partial charge in [-0.15, -0.1) is 0 Å². The third kappa shape index (κ3) is 3.95. The van der Waals surface area contributed by atoms with Crippen LogP contribution < -0.4 is 10.1 Å². The summed E-state index contributed by atoms with van der Waals surface area (Å²) in [6.45, 7) is 7.92. The number of rotatable bonds is 7. The van der Waals surface area contributed by atoms with E-state index in [2.05, 4.69) is 56.6 Å². The number of aromatic nitrogens is 2. The standard InChI is InChI=1S/C20H25N3O/c1-4-21-16(3)12-18-13-23-11-5-6-19(20(23)22-18)24-14-17-9-7-15(2)8-10-17/h5-11,13,16,21H,4,12,14H2,1-3H3. The quantitative estimate of drug-likeness (QED) is 0.719. The molecule has 0 aliphatic rings. The Morgan fingerprint density at radius 2 is 2.00 bits per heavy atom. The molecule has 0 fully saturated rings. The second kappa shape index (κ2) is 7.49. The first-order chi connectivity index (χ1) is 11.7. The summed E-state index contributed by atoms with van der Waals surface area (Å²) in [5.74, 6) is 0.820. The summed E-state index contributed by atoms with van der Waals surface area (Å²) >= 11 is 0. The zero-order valence-electron chi connectivity index (χ0n) is 14.6. The lowest BCUT2D eigenvalue weighted by atomic mass is 10.2. The van der Waals surface area contributed by atoms with Gasteiger partial charge >= 0.3 is 0 Å². The van der Waals surface area contributed by atoms with Gasteiger partial charge in [0.1, 0.15) is 6.61 Å². The monoisotopic (exact) mass is 323 g/mol. The van der Waals surface area contributed by atoms with Crippen molar-refractivity contribution in [3.05, 3.63) is 65.6 Å². The lowest BCUT2D eigenvalue weighted by Gasteiger charge is -2.09. The zero-order chi connectivity index (χ0) is 16.9. The molecule has 0 bridgehead atoms. The summed E-state index contributed by atoms with van der Waals surface area (Å²) in [5, 5.41) is 3.42. The molecule has 0 aliphatic heterocycles. The number of hydrogen-bond donors (Lipinski definition) is 1. The van der Waals surface area contributed by atoms with Crippen molar-refractivity contribution in [3.8, 4) is 5.75 Å². The van der Waals surface area contributed by atoms with E-state index in [1.807, 2.05) is 22.7 Å². The largest absolute Gasteiger partial charge is 0.485 e. The average Bonchev–Trinajstić information content (AvgIpc) is 2.97. The molecule has 1 aromatic carbocycles. The van der Waals surface area contributed by atoms with Crippen molar-refractivity contribution in [2.45, 2.75) is 39.8 Å². The van der Waals surface area contributed by atoms with Crippen molar-refractivity contribution < 1.29 is 4.74 Å². The summed E-state index contributed by atoms with van der Waals surface area (Å²) in [6, 6.07) is 12.8. The SMILES string of the molecule is CCNC(C)Cc1cn2cccc(OCc3ccc(C)cc3)c2n1. The van der Waals surface area contributed by atoms with E-state index in [-0.39, 0.29) is 0 Å². The number of imidazole rings is 1. The van der Waals surface area contributed by atoms with E-state index in [0.29, 0.717) is 12.6 Å². The molecule has 0 saturated heterocycles. The number of nitrogens with zero attached hydrogens (tertiary/aromatic N) is 2. The molecule has 3 aromatic rings. The van der Waals surface area contributed by atoms with Crippen LogP contribution in [0.1, 0.15) is 30.7 Å². The van der Waals surface area contributed by atoms with Crippen LogP contribution in [0.3, 0.4) is 0 Å². The van der Waals surface area contributed by atoms with Crippen LogP contribution in [0.15, 0.2) is 48.8 Å². The number of aryl methyl sites for hydroxylation is 1. The Labute approximate surface area is 143 Å². The molecule has 24 heavy (non-hydrogen) atoms. The van der Waals surface area contributed by atoms with Gasteiger partial charge in [-0.2, -0.15) is 0 Å². The Morgan fingerprint density at radius 1 is 1.21 bits per heavy atom. The average molecular weight is 323 g/mol. The molecule has 0 spiro atoms. The minimum Gasteiger partial charge on any atom is -0.485 e. The molecule has 1 N–H and O–H groups in total. The molecule has 0 amide bonds. The van der Waals surface area contributed by atoms with Crippen molar-refractivity contribution in [2.24, 2.45) is 0 Å². The van der Waals surface area contributed by atoms with Crippen molar-refractivity contribution in [3.63, 3.8) is 0 Å². The Balaban J connectivity index is 1.75. The molecule has 0 saturated carbocycles. The van der Waals surface area contributed by atoms with Crippen LogP contribution in [0, 0.1) is 6.92 Å². The second-order valence-corrected chi connectivity index (χ2v) is 6.27. The highest BCUT2D eigenvalue weighted by Crippen LogP contribution is 2.21. The minimum absolute atomic E-state index is 0.414. The van der Waals surface area contributed by atoms with Crippen LogP contribution in [0.5, 0.6) is 5.75 Å². The van der Waals surface area contributed by atoms with Crippen molar-refractivity contribution in [2.75, 3.05) is 6.54 Å². The molecule has 3 rings (SSSR count). The van der Waals surface area contributed by atoms with E-state index in [0.717, 1.165) is 35.6 Å². The maximum atomic E-state index is 6.01. The number of hydrogen-bond acceptors (Lipinski definition) is 3. The van der Waals surface area contributed by atoms with E-state index in [1.165, 1.54) is 5.56 Å². The van der Waals surface area contributed by atoms with Crippen molar-refractivity contribution in [1.82, 2.24) is 14.7 Å². The molecular formula is C20H25N3O. The predicted molar refractivity (Wildman–Crippen MR) is 97.5 cm³/mol. The lowest BCUT2D eigenvalue weighted by molar-refractivity contribution is 0.308. The molecule has 126 valence electrons. The van der Waals surface area contributed by atoms with Crippen LogP contribution in [-0.2, 0) is 13.0 Å². The first-order valence-electron chi connectivity index (χ1n) is 8.54. The molecule has 4 nitrogen and oxygen atoms in total. The third-order valence-electron chi connectivity index (χ3n) is 4.08. The maximum absolute atomic E-state index is 6.01. The Hall–Kier alpha value is -2.33. The van der Waals surface area contributed by atoms with E-state index >= 15 is 0 Å².